The number of phenolic OH excluding ortho intramolecular Hbond substituents is 1. The molecule has 0 amide bonds. The quantitative estimate of drug-likeness (QED) is 0.902. The van der Waals surface area contributed by atoms with Crippen LogP contribution >= 0.6 is 0 Å². The molecule has 0 radical (unpaired) electrons. The molecule has 4 heterocycles. The molecule has 6 heteroatoms. The number of anilines is 1. The van der Waals surface area contributed by atoms with Gasteiger partial charge >= 0.3 is 0 Å². The topological polar surface area (TPSA) is 70.8 Å². The van der Waals surface area contributed by atoms with Crippen LogP contribution in [0.5, 0.6) is 11.5 Å². The molecule has 2 aromatic rings. The van der Waals surface area contributed by atoms with Crippen molar-refractivity contribution in [2.45, 2.75) is 25.3 Å². The number of piperidine rings is 1. The van der Waals surface area contributed by atoms with Gasteiger partial charge in [-0.15, -0.1) is 0 Å². The second kappa shape index (κ2) is 5.45. The first-order chi connectivity index (χ1) is 11.2. The van der Waals surface area contributed by atoms with E-state index in [0.717, 1.165) is 42.9 Å². The van der Waals surface area contributed by atoms with Crippen molar-refractivity contribution in [2.24, 2.45) is 0 Å². The van der Waals surface area contributed by atoms with Crippen LogP contribution in [-0.4, -0.2) is 46.8 Å². The minimum absolute atomic E-state index is 0.0491. The fourth-order valence-corrected chi connectivity index (χ4v) is 3.80. The Morgan fingerprint density at radius 1 is 1.30 bits per heavy atom. The number of benzene rings is 1. The number of methoxy groups -OCH3 is 1. The molecule has 1 aromatic carbocycles. The maximum Gasteiger partial charge on any atom is 0.161 e. The molecule has 0 atom stereocenters. The summed E-state index contributed by atoms with van der Waals surface area (Å²) in [6.07, 6.45) is 2.31. The summed E-state index contributed by atoms with van der Waals surface area (Å²) < 4.78 is 7.14. The molecule has 2 N–H and O–H groups in total. The predicted octanol–water partition coefficient (Wildman–Crippen LogP) is 1.95. The first kappa shape index (κ1) is 14.4. The molecule has 0 aliphatic carbocycles. The number of fused-ring (bicyclic) bond motifs is 2. The van der Waals surface area contributed by atoms with Gasteiger partial charge in [0.05, 0.1) is 37.3 Å². The van der Waals surface area contributed by atoms with E-state index >= 15 is 0 Å². The summed E-state index contributed by atoms with van der Waals surface area (Å²) in [5.41, 5.74) is 4.30. The highest BCUT2D eigenvalue weighted by atomic mass is 16.5. The van der Waals surface area contributed by atoms with Gasteiger partial charge in [0, 0.05) is 24.6 Å². The second-order valence-electron chi connectivity index (χ2n) is 6.18. The largest absolute Gasteiger partial charge is 0.504 e. The van der Waals surface area contributed by atoms with Crippen molar-refractivity contribution < 1.29 is 14.9 Å². The maximum atomic E-state index is 9.85. The van der Waals surface area contributed by atoms with Crippen molar-refractivity contribution in [3.63, 3.8) is 0 Å². The van der Waals surface area contributed by atoms with Crippen molar-refractivity contribution in [2.75, 3.05) is 31.7 Å². The minimum atomic E-state index is 0.0491. The lowest BCUT2D eigenvalue weighted by Gasteiger charge is -2.39. The summed E-state index contributed by atoms with van der Waals surface area (Å²) in [7, 11) is 1.55. The summed E-state index contributed by atoms with van der Waals surface area (Å²) in [4.78, 5) is 2.39. The Balaban J connectivity index is 1.90. The van der Waals surface area contributed by atoms with Gasteiger partial charge in [0.1, 0.15) is 0 Å². The predicted molar refractivity (Wildman–Crippen MR) is 87.2 cm³/mol. The van der Waals surface area contributed by atoms with E-state index in [2.05, 4.69) is 4.90 Å². The average Bonchev–Trinajstić information content (AvgIpc) is 2.98. The molecule has 5 rings (SSSR count). The zero-order chi connectivity index (χ0) is 16.0. The molecule has 1 aromatic heterocycles. The third-order valence-corrected chi connectivity index (χ3v) is 4.92. The molecule has 0 unspecified atom stereocenters. The number of aromatic hydroxyl groups is 1. The Kier molecular flexibility index (Phi) is 3.41. The van der Waals surface area contributed by atoms with Crippen LogP contribution in [0.3, 0.4) is 0 Å². The van der Waals surface area contributed by atoms with E-state index in [1.807, 2.05) is 16.8 Å². The van der Waals surface area contributed by atoms with Crippen molar-refractivity contribution in [1.82, 2.24) is 9.78 Å². The highest BCUT2D eigenvalue weighted by Crippen LogP contribution is 2.47. The Bertz CT molecular complexity index is 733. The minimum Gasteiger partial charge on any atom is -0.504 e. The second-order valence-corrected chi connectivity index (χ2v) is 6.18. The summed E-state index contributed by atoms with van der Waals surface area (Å²) in [6.45, 7) is 2.63. The van der Waals surface area contributed by atoms with Gasteiger partial charge < -0.3 is 19.8 Å². The van der Waals surface area contributed by atoms with Gasteiger partial charge in [0.2, 0.25) is 0 Å². The van der Waals surface area contributed by atoms with Gasteiger partial charge in [0.15, 0.2) is 11.5 Å². The highest BCUT2D eigenvalue weighted by molar-refractivity contribution is 5.80. The number of aromatic nitrogens is 2. The van der Waals surface area contributed by atoms with E-state index in [-0.39, 0.29) is 12.4 Å². The lowest BCUT2D eigenvalue weighted by Crippen LogP contribution is -2.38. The number of nitrogens with zero attached hydrogens (tertiary/aromatic N) is 3. The van der Waals surface area contributed by atoms with Crippen LogP contribution in [-0.2, 0) is 6.54 Å². The lowest BCUT2D eigenvalue weighted by molar-refractivity contribution is 0.269. The number of hydrogen-bond donors (Lipinski definition) is 2. The van der Waals surface area contributed by atoms with Crippen LogP contribution in [0.25, 0.3) is 11.3 Å². The molecule has 0 saturated carbocycles. The number of rotatable bonds is 4. The molecule has 0 spiro atoms. The molecule has 23 heavy (non-hydrogen) atoms. The van der Waals surface area contributed by atoms with Crippen LogP contribution in [0.1, 0.15) is 24.5 Å². The number of phenols is 1. The van der Waals surface area contributed by atoms with Crippen LogP contribution in [0.2, 0.25) is 0 Å². The Hall–Kier alpha value is -2.21. The van der Waals surface area contributed by atoms with Crippen molar-refractivity contribution in [3.05, 3.63) is 23.9 Å². The third-order valence-electron chi connectivity index (χ3n) is 4.92. The van der Waals surface area contributed by atoms with Gasteiger partial charge in [-0.3, -0.25) is 4.68 Å². The van der Waals surface area contributed by atoms with E-state index in [1.165, 1.54) is 5.69 Å². The summed E-state index contributed by atoms with van der Waals surface area (Å²) in [5.74, 6) is 1.09. The monoisotopic (exact) mass is 315 g/mol. The summed E-state index contributed by atoms with van der Waals surface area (Å²) >= 11 is 0. The normalized spacial score (nSPS) is 16.7. The molecule has 1 saturated heterocycles. The first-order valence-corrected chi connectivity index (χ1v) is 8.06. The van der Waals surface area contributed by atoms with Gasteiger partial charge in [-0.2, -0.15) is 5.10 Å². The summed E-state index contributed by atoms with van der Waals surface area (Å²) in [6, 6.07) is 5.36. The van der Waals surface area contributed by atoms with E-state index in [4.69, 9.17) is 9.84 Å². The van der Waals surface area contributed by atoms with Crippen molar-refractivity contribution >= 4 is 5.69 Å². The zero-order valence-corrected chi connectivity index (χ0v) is 13.2. The maximum absolute atomic E-state index is 9.85. The number of aliphatic hydroxyl groups excluding tert-OH is 1. The van der Waals surface area contributed by atoms with Gasteiger partial charge in [-0.25, -0.2) is 0 Å². The van der Waals surface area contributed by atoms with Crippen LogP contribution in [0.4, 0.5) is 5.69 Å². The average molecular weight is 315 g/mol. The van der Waals surface area contributed by atoms with Crippen LogP contribution in [0, 0.1) is 0 Å². The first-order valence-electron chi connectivity index (χ1n) is 8.06. The van der Waals surface area contributed by atoms with Crippen LogP contribution in [0.15, 0.2) is 18.2 Å². The molecule has 6 nitrogen and oxygen atoms in total. The van der Waals surface area contributed by atoms with Gasteiger partial charge in [-0.05, 0) is 31.0 Å². The van der Waals surface area contributed by atoms with Gasteiger partial charge in [0.25, 0.3) is 0 Å². The van der Waals surface area contributed by atoms with Gasteiger partial charge in [-0.1, -0.05) is 0 Å². The van der Waals surface area contributed by atoms with E-state index in [9.17, 15) is 10.2 Å². The Morgan fingerprint density at radius 3 is 2.78 bits per heavy atom. The van der Waals surface area contributed by atoms with Crippen molar-refractivity contribution in [1.29, 1.82) is 0 Å². The highest BCUT2D eigenvalue weighted by Gasteiger charge is 2.37. The summed E-state index contributed by atoms with van der Waals surface area (Å²) in [5, 5.41) is 24.0. The third kappa shape index (κ3) is 2.16. The molecule has 3 aliphatic heterocycles. The molecular weight excluding hydrogens is 294 g/mol. The SMILES string of the molecule is COc1cc(-c2c3c(nn2CCO)C2CCN3CC2)ccc1O. The standard InChI is InChI=1S/C17H21N3O3/c1-23-14-10-12(2-3-13(14)22)16-17-15(18-20(16)8-9-21)11-4-6-19(17)7-5-11/h2-3,10-11,21-22H,4-9H2,1H3. The Labute approximate surface area is 134 Å². The van der Waals surface area contributed by atoms with E-state index in [0.29, 0.717) is 18.2 Å². The van der Waals surface area contributed by atoms with E-state index in [1.54, 1.807) is 13.2 Å². The van der Waals surface area contributed by atoms with E-state index < -0.39 is 0 Å². The number of aliphatic hydroxyl groups is 1. The fourth-order valence-electron chi connectivity index (χ4n) is 3.80. The molecule has 2 bridgehead atoms. The van der Waals surface area contributed by atoms with Crippen LogP contribution < -0.4 is 9.64 Å². The molecular formula is C17H21N3O3. The molecule has 3 aliphatic rings. The smallest absolute Gasteiger partial charge is 0.161 e. The molecule has 1 fully saturated rings. The fraction of sp³-hybridized carbons (Fsp3) is 0.471. The zero-order valence-electron chi connectivity index (χ0n) is 13.2. The van der Waals surface area contributed by atoms with Crippen molar-refractivity contribution in [3.8, 4) is 22.8 Å². The lowest BCUT2D eigenvalue weighted by atomic mass is 9.86. The Morgan fingerprint density at radius 2 is 2.09 bits per heavy atom. The molecule has 122 valence electrons. The number of ether oxygens (including phenoxy) is 1. The number of hydrogen-bond acceptors (Lipinski definition) is 5.